The zero-order valence-electron chi connectivity index (χ0n) is 14.7. The van der Waals surface area contributed by atoms with Gasteiger partial charge in [0.25, 0.3) is 0 Å². The predicted octanol–water partition coefficient (Wildman–Crippen LogP) is -0.178. The van der Waals surface area contributed by atoms with Crippen LogP contribution in [0, 0.1) is 0 Å². The molecule has 0 saturated carbocycles. The fourth-order valence-corrected chi connectivity index (χ4v) is 3.92. The fraction of sp³-hybridized carbons (Fsp3) is 0.733. The number of carbonyl (C=O) groups is 4. The molecule has 0 amide bonds. The summed E-state index contributed by atoms with van der Waals surface area (Å²) in [5.41, 5.74) is 0. The number of hydrogen-bond acceptors (Lipinski definition) is 9. The van der Waals surface area contributed by atoms with Gasteiger partial charge >= 0.3 is 151 Å². The third kappa shape index (κ3) is 6.64. The Morgan fingerprint density at radius 3 is 1.72 bits per heavy atom. The Labute approximate surface area is 151 Å². The zero-order valence-corrected chi connectivity index (χ0v) is 16.4. The van der Waals surface area contributed by atoms with Gasteiger partial charge < -0.3 is 0 Å². The van der Waals surface area contributed by atoms with Gasteiger partial charge in [0.2, 0.25) is 0 Å². The van der Waals surface area contributed by atoms with Crippen molar-refractivity contribution in [2.75, 3.05) is 6.61 Å². The number of esters is 4. The van der Waals surface area contributed by atoms with Gasteiger partial charge in [0, 0.05) is 0 Å². The van der Waals surface area contributed by atoms with Crippen molar-refractivity contribution in [3.8, 4) is 0 Å². The molecule has 1 aliphatic heterocycles. The van der Waals surface area contributed by atoms with Gasteiger partial charge in [0.1, 0.15) is 0 Å². The van der Waals surface area contributed by atoms with E-state index in [-0.39, 0.29) is 21.6 Å². The van der Waals surface area contributed by atoms with Crippen molar-refractivity contribution in [1.29, 1.82) is 0 Å². The molecule has 0 radical (unpaired) electrons. The minimum absolute atomic E-state index is 0.159. The average molecular weight is 425 g/mol. The average Bonchev–Trinajstić information content (AvgIpc) is 2.48. The molecule has 1 rings (SSSR count). The molecule has 0 N–H and O–H groups in total. The topological polar surface area (TPSA) is 114 Å². The molecule has 0 spiro atoms. The Kier molecular flexibility index (Phi) is 8.34. The summed E-state index contributed by atoms with van der Waals surface area (Å²) in [6.45, 7) is 4.64. The van der Waals surface area contributed by atoms with Crippen LogP contribution in [0.5, 0.6) is 0 Å². The van der Waals surface area contributed by atoms with E-state index in [0.717, 1.165) is 0 Å². The Hall–Kier alpha value is -1.64. The SMILES string of the molecule is C[Se][C@@H]1O[C@H](COC(C)=O)[C@@H](OC(C)=O)[C@H](OC(C)=O)[C@H]1OC(C)=O. The van der Waals surface area contributed by atoms with Gasteiger partial charge in [-0.2, -0.15) is 0 Å². The van der Waals surface area contributed by atoms with Crippen LogP contribution in [0.15, 0.2) is 0 Å². The van der Waals surface area contributed by atoms with Gasteiger partial charge in [-0.05, 0) is 0 Å². The van der Waals surface area contributed by atoms with E-state index in [4.69, 9.17) is 23.7 Å². The van der Waals surface area contributed by atoms with E-state index in [1.54, 1.807) is 0 Å². The molecule has 1 heterocycles. The molecule has 10 heteroatoms. The number of rotatable bonds is 6. The molecule has 1 fully saturated rings. The second kappa shape index (κ2) is 9.74. The molecule has 1 saturated heterocycles. The first-order valence-electron chi connectivity index (χ1n) is 7.49. The van der Waals surface area contributed by atoms with E-state index in [1.807, 2.05) is 5.82 Å². The van der Waals surface area contributed by atoms with Crippen LogP contribution in [0.2, 0.25) is 5.82 Å². The Bertz CT molecular complexity index is 521. The number of hydrogen-bond donors (Lipinski definition) is 0. The molecule has 0 aromatic rings. The van der Waals surface area contributed by atoms with Crippen LogP contribution < -0.4 is 0 Å². The summed E-state index contributed by atoms with van der Waals surface area (Å²) >= 11 is -0.159. The van der Waals surface area contributed by atoms with Crippen molar-refractivity contribution >= 4 is 38.8 Å². The summed E-state index contributed by atoms with van der Waals surface area (Å²) in [6.07, 6.45) is -3.92. The summed E-state index contributed by atoms with van der Waals surface area (Å²) in [6, 6.07) is 0. The van der Waals surface area contributed by atoms with Crippen molar-refractivity contribution in [3.63, 3.8) is 0 Å². The van der Waals surface area contributed by atoms with E-state index in [0.29, 0.717) is 0 Å². The van der Waals surface area contributed by atoms with E-state index >= 15 is 0 Å². The standard InChI is InChI=1S/C15H22O9Se/c1-7(16)20-6-11-12(21-8(2)17)13(22-9(3)18)14(23-10(4)19)15(24-11)25-5/h11-15H,6H2,1-5H3/t11-,12-,13+,14-,15+/m1/s1. The molecule has 0 aromatic carbocycles. The maximum atomic E-state index is 11.5. The monoisotopic (exact) mass is 426 g/mol. The second-order valence-corrected chi connectivity index (χ2v) is 7.27. The van der Waals surface area contributed by atoms with Gasteiger partial charge in [0.15, 0.2) is 0 Å². The summed E-state index contributed by atoms with van der Waals surface area (Å²) in [7, 11) is 0. The van der Waals surface area contributed by atoms with Gasteiger partial charge in [-0.3, -0.25) is 0 Å². The molecule has 142 valence electrons. The first-order valence-corrected chi connectivity index (χ1v) is 10.2. The molecule has 0 bridgehead atoms. The molecular weight excluding hydrogens is 403 g/mol. The van der Waals surface area contributed by atoms with Gasteiger partial charge in [-0.15, -0.1) is 0 Å². The van der Waals surface area contributed by atoms with E-state index in [9.17, 15) is 19.2 Å². The van der Waals surface area contributed by atoms with E-state index in [2.05, 4.69) is 0 Å². The molecule has 0 aliphatic carbocycles. The normalized spacial score (nSPS) is 28.6. The van der Waals surface area contributed by atoms with Crippen LogP contribution in [0.4, 0.5) is 0 Å². The van der Waals surface area contributed by atoms with Crippen molar-refractivity contribution in [3.05, 3.63) is 0 Å². The zero-order chi connectivity index (χ0) is 19.1. The Balaban J connectivity index is 3.18. The molecule has 0 unspecified atom stereocenters. The molecule has 1 aliphatic rings. The first-order chi connectivity index (χ1) is 11.6. The summed E-state index contributed by atoms with van der Waals surface area (Å²) in [4.78, 5) is 45.5. The van der Waals surface area contributed by atoms with Crippen molar-refractivity contribution in [2.24, 2.45) is 0 Å². The summed E-state index contributed by atoms with van der Waals surface area (Å²) in [5, 5.41) is -0.562. The number of carbonyl (C=O) groups excluding carboxylic acids is 4. The third-order valence-corrected chi connectivity index (χ3v) is 4.95. The Morgan fingerprint density at radius 2 is 1.28 bits per heavy atom. The van der Waals surface area contributed by atoms with Gasteiger partial charge in [-0.1, -0.05) is 0 Å². The van der Waals surface area contributed by atoms with Gasteiger partial charge in [-0.25, -0.2) is 0 Å². The van der Waals surface area contributed by atoms with E-state index < -0.39 is 53.3 Å². The molecular formula is C15H22O9Se. The summed E-state index contributed by atoms with van der Waals surface area (Å²) < 4.78 is 26.6. The van der Waals surface area contributed by atoms with E-state index in [1.165, 1.54) is 27.7 Å². The molecule has 25 heavy (non-hydrogen) atoms. The van der Waals surface area contributed by atoms with Gasteiger partial charge in [0.05, 0.1) is 0 Å². The molecule has 9 nitrogen and oxygen atoms in total. The number of ether oxygens (including phenoxy) is 5. The first kappa shape index (κ1) is 21.4. The van der Waals surface area contributed by atoms with Crippen molar-refractivity contribution in [1.82, 2.24) is 0 Å². The predicted molar refractivity (Wildman–Crippen MR) is 83.6 cm³/mol. The molecule has 5 atom stereocenters. The summed E-state index contributed by atoms with van der Waals surface area (Å²) in [5.74, 6) is -0.529. The van der Waals surface area contributed by atoms with Crippen molar-refractivity contribution < 1.29 is 42.9 Å². The molecule has 0 aromatic heterocycles. The van der Waals surface area contributed by atoms with Crippen LogP contribution in [-0.4, -0.2) is 74.9 Å². The Morgan fingerprint density at radius 1 is 0.800 bits per heavy atom. The second-order valence-electron chi connectivity index (χ2n) is 5.30. The third-order valence-electron chi connectivity index (χ3n) is 3.18. The minimum atomic E-state index is -1.08. The van der Waals surface area contributed by atoms with Crippen LogP contribution >= 0.6 is 0 Å². The van der Waals surface area contributed by atoms with Crippen molar-refractivity contribution in [2.45, 2.75) is 62.9 Å². The van der Waals surface area contributed by atoms with Crippen LogP contribution in [-0.2, 0) is 42.9 Å². The van der Waals surface area contributed by atoms with Crippen LogP contribution in [0.25, 0.3) is 0 Å². The quantitative estimate of drug-likeness (QED) is 0.325. The maximum absolute atomic E-state index is 11.5. The van der Waals surface area contributed by atoms with Crippen LogP contribution in [0.3, 0.4) is 0 Å². The fourth-order valence-electron chi connectivity index (χ4n) is 2.38. The van der Waals surface area contributed by atoms with Crippen LogP contribution in [0.1, 0.15) is 27.7 Å².